The fourth-order valence-corrected chi connectivity index (χ4v) is 2.82. The third kappa shape index (κ3) is 3.81. The Balaban J connectivity index is 2.00. The molecular weight excluding hydrogens is 240 g/mol. The predicted octanol–water partition coefficient (Wildman–Crippen LogP) is 2.56. The van der Waals surface area contributed by atoms with Gasteiger partial charge in [0.05, 0.1) is 18.4 Å². The van der Waals surface area contributed by atoms with Crippen LogP contribution in [0.25, 0.3) is 0 Å². The topological polar surface area (TPSA) is 51.6 Å². The zero-order valence-corrected chi connectivity index (χ0v) is 12.0. The van der Waals surface area contributed by atoms with Crippen LogP contribution in [-0.4, -0.2) is 37.2 Å². The number of nitrogens with zero attached hydrogens (tertiary/aromatic N) is 1. The molecule has 0 aliphatic carbocycles. The van der Waals surface area contributed by atoms with E-state index in [4.69, 9.17) is 14.9 Å². The smallest absolute Gasteiger partial charge is 0.122 e. The van der Waals surface area contributed by atoms with Crippen molar-refractivity contribution in [3.05, 3.63) is 24.2 Å². The van der Waals surface area contributed by atoms with Gasteiger partial charge < -0.3 is 14.9 Å². The molecule has 4 nitrogen and oxygen atoms in total. The van der Waals surface area contributed by atoms with Gasteiger partial charge in [0.15, 0.2) is 0 Å². The van der Waals surface area contributed by atoms with Crippen molar-refractivity contribution in [1.29, 1.82) is 0 Å². The summed E-state index contributed by atoms with van der Waals surface area (Å²) in [6.07, 6.45) is 6.59. The van der Waals surface area contributed by atoms with Crippen LogP contribution in [0.1, 0.15) is 44.4 Å². The molecule has 2 rings (SSSR count). The molecule has 1 aromatic rings. The van der Waals surface area contributed by atoms with E-state index in [1.807, 2.05) is 12.1 Å². The van der Waals surface area contributed by atoms with Crippen molar-refractivity contribution in [2.24, 2.45) is 5.73 Å². The Hall–Kier alpha value is -0.840. The van der Waals surface area contributed by atoms with Gasteiger partial charge in [-0.1, -0.05) is 6.92 Å². The van der Waals surface area contributed by atoms with Gasteiger partial charge in [-0.2, -0.15) is 0 Å². The number of ether oxygens (including phenoxy) is 1. The summed E-state index contributed by atoms with van der Waals surface area (Å²) in [6.45, 7) is 3.92. The van der Waals surface area contributed by atoms with E-state index in [0.717, 1.165) is 31.8 Å². The Morgan fingerprint density at radius 3 is 2.89 bits per heavy atom. The molecule has 3 unspecified atom stereocenters. The van der Waals surface area contributed by atoms with E-state index in [1.54, 1.807) is 6.26 Å². The molecule has 0 radical (unpaired) electrons. The van der Waals surface area contributed by atoms with Gasteiger partial charge in [0.1, 0.15) is 5.76 Å². The van der Waals surface area contributed by atoms with Crippen molar-refractivity contribution in [3.63, 3.8) is 0 Å². The predicted molar refractivity (Wildman–Crippen MR) is 75.9 cm³/mol. The van der Waals surface area contributed by atoms with Gasteiger partial charge in [-0.15, -0.1) is 0 Å². The summed E-state index contributed by atoms with van der Waals surface area (Å²) in [5.41, 5.74) is 6.27. The molecule has 3 atom stereocenters. The van der Waals surface area contributed by atoms with Gasteiger partial charge in [0.25, 0.3) is 0 Å². The van der Waals surface area contributed by atoms with Crippen molar-refractivity contribution < 1.29 is 9.15 Å². The maximum Gasteiger partial charge on any atom is 0.122 e. The summed E-state index contributed by atoms with van der Waals surface area (Å²) in [6, 6.07) is 4.15. The summed E-state index contributed by atoms with van der Waals surface area (Å²) in [7, 11) is 2.11. The van der Waals surface area contributed by atoms with E-state index < -0.39 is 0 Å². The molecule has 4 heteroatoms. The van der Waals surface area contributed by atoms with Crippen LogP contribution in [0.2, 0.25) is 0 Å². The Kier molecular flexibility index (Phi) is 5.43. The second-order valence-electron chi connectivity index (χ2n) is 5.46. The molecule has 1 aromatic heterocycles. The number of hydrogen-bond acceptors (Lipinski definition) is 4. The van der Waals surface area contributed by atoms with Crippen LogP contribution in [0.15, 0.2) is 22.8 Å². The highest BCUT2D eigenvalue weighted by atomic mass is 16.5. The number of likely N-dealkylation sites (N-methyl/N-ethyl adjacent to an activating group) is 1. The van der Waals surface area contributed by atoms with E-state index in [1.165, 1.54) is 12.8 Å². The average molecular weight is 266 g/mol. The third-order valence-electron chi connectivity index (χ3n) is 3.95. The highest BCUT2D eigenvalue weighted by Gasteiger charge is 2.28. The maximum atomic E-state index is 6.27. The van der Waals surface area contributed by atoms with Gasteiger partial charge in [0.2, 0.25) is 0 Å². The summed E-state index contributed by atoms with van der Waals surface area (Å²) in [5, 5.41) is 0. The lowest BCUT2D eigenvalue weighted by Gasteiger charge is -2.34. The lowest BCUT2D eigenvalue weighted by Crippen LogP contribution is -2.43. The Morgan fingerprint density at radius 2 is 2.32 bits per heavy atom. The molecule has 0 spiro atoms. The van der Waals surface area contributed by atoms with Crippen LogP contribution in [0.4, 0.5) is 0 Å². The molecule has 1 saturated heterocycles. The minimum absolute atomic E-state index is 0.0831. The van der Waals surface area contributed by atoms with Gasteiger partial charge in [-0.3, -0.25) is 4.90 Å². The minimum atomic E-state index is 0.0831. The van der Waals surface area contributed by atoms with Crippen LogP contribution in [0, 0.1) is 0 Å². The van der Waals surface area contributed by atoms with Crippen LogP contribution < -0.4 is 5.73 Å². The molecular formula is C15H26N2O2. The third-order valence-corrected chi connectivity index (χ3v) is 3.95. The molecule has 1 fully saturated rings. The molecule has 1 aliphatic rings. The van der Waals surface area contributed by atoms with E-state index in [9.17, 15) is 0 Å². The first-order chi connectivity index (χ1) is 9.22. The highest BCUT2D eigenvalue weighted by molar-refractivity contribution is 5.07. The second kappa shape index (κ2) is 7.08. The molecule has 2 heterocycles. The van der Waals surface area contributed by atoms with Crippen LogP contribution in [-0.2, 0) is 4.74 Å². The molecule has 0 bridgehead atoms. The van der Waals surface area contributed by atoms with Gasteiger partial charge >= 0.3 is 0 Å². The Morgan fingerprint density at radius 1 is 1.47 bits per heavy atom. The van der Waals surface area contributed by atoms with E-state index in [-0.39, 0.29) is 12.1 Å². The van der Waals surface area contributed by atoms with Crippen molar-refractivity contribution >= 4 is 0 Å². The van der Waals surface area contributed by atoms with Crippen molar-refractivity contribution in [1.82, 2.24) is 4.90 Å². The number of nitrogens with two attached hydrogens (primary N) is 1. The average Bonchev–Trinajstić information content (AvgIpc) is 2.93. The molecule has 108 valence electrons. The quantitative estimate of drug-likeness (QED) is 0.859. The van der Waals surface area contributed by atoms with E-state index in [2.05, 4.69) is 18.9 Å². The monoisotopic (exact) mass is 266 g/mol. The zero-order chi connectivity index (χ0) is 13.7. The second-order valence-corrected chi connectivity index (χ2v) is 5.46. The Bertz CT molecular complexity index is 347. The maximum absolute atomic E-state index is 6.27. The van der Waals surface area contributed by atoms with Crippen molar-refractivity contribution in [3.8, 4) is 0 Å². The minimum Gasteiger partial charge on any atom is -0.468 e. The van der Waals surface area contributed by atoms with Crippen molar-refractivity contribution in [2.45, 2.75) is 50.8 Å². The van der Waals surface area contributed by atoms with Gasteiger partial charge in [-0.25, -0.2) is 0 Å². The summed E-state index contributed by atoms with van der Waals surface area (Å²) in [4.78, 5) is 2.28. The number of rotatable bonds is 6. The molecule has 0 saturated carbocycles. The summed E-state index contributed by atoms with van der Waals surface area (Å²) >= 11 is 0. The highest BCUT2D eigenvalue weighted by Crippen LogP contribution is 2.26. The van der Waals surface area contributed by atoms with Crippen molar-refractivity contribution in [2.75, 3.05) is 20.2 Å². The standard InChI is InChI=1S/C15H26N2O2/c1-3-13(16)15(14-8-6-10-19-14)17(2)11-12-7-4-5-9-18-12/h6,8,10,12-13,15H,3-5,7,9,11,16H2,1-2H3. The normalized spacial score (nSPS) is 23.5. The fourth-order valence-electron chi connectivity index (χ4n) is 2.82. The van der Waals surface area contributed by atoms with Crippen LogP contribution in [0.5, 0.6) is 0 Å². The largest absolute Gasteiger partial charge is 0.468 e. The Labute approximate surface area is 115 Å². The first-order valence-corrected chi connectivity index (χ1v) is 7.33. The van der Waals surface area contributed by atoms with Gasteiger partial charge in [-0.05, 0) is 44.9 Å². The lowest BCUT2D eigenvalue weighted by atomic mass is 10.0. The van der Waals surface area contributed by atoms with Gasteiger partial charge in [0, 0.05) is 19.2 Å². The lowest BCUT2D eigenvalue weighted by molar-refractivity contribution is -0.0121. The number of hydrogen-bond donors (Lipinski definition) is 1. The molecule has 2 N–H and O–H groups in total. The summed E-state index contributed by atoms with van der Waals surface area (Å²) in [5.74, 6) is 0.952. The SMILES string of the molecule is CCC(N)C(c1ccco1)N(C)CC1CCCCO1. The molecule has 0 aromatic carbocycles. The molecule has 1 aliphatic heterocycles. The van der Waals surface area contributed by atoms with E-state index >= 15 is 0 Å². The molecule has 0 amide bonds. The zero-order valence-electron chi connectivity index (χ0n) is 12.0. The summed E-state index contributed by atoms with van der Waals surface area (Å²) < 4.78 is 11.4. The van der Waals surface area contributed by atoms with Crippen LogP contribution >= 0.6 is 0 Å². The fraction of sp³-hybridized carbons (Fsp3) is 0.733. The first kappa shape index (κ1) is 14.6. The molecule has 19 heavy (non-hydrogen) atoms. The number of furan rings is 1. The van der Waals surface area contributed by atoms with Crippen LogP contribution in [0.3, 0.4) is 0 Å². The first-order valence-electron chi connectivity index (χ1n) is 7.33. The van der Waals surface area contributed by atoms with E-state index in [0.29, 0.717) is 6.10 Å².